The number of aromatic nitrogens is 1. The number of carbonyl (C=O) groups excluding carboxylic acids is 2. The smallest absolute Gasteiger partial charge is 0.271 e. The maximum atomic E-state index is 13.4. The number of amides is 2. The number of anilines is 1. The second-order valence-electron chi connectivity index (χ2n) is 8.11. The van der Waals surface area contributed by atoms with Crippen molar-refractivity contribution in [2.45, 2.75) is 13.0 Å². The minimum absolute atomic E-state index is 0.0710. The Balaban J connectivity index is 1.90. The highest BCUT2D eigenvalue weighted by atomic mass is 16.5. The molecule has 0 aliphatic carbocycles. The molecule has 3 rings (SSSR count). The number of hydrogen-bond donors (Lipinski definition) is 5. The van der Waals surface area contributed by atoms with Gasteiger partial charge in [0.15, 0.2) is 11.5 Å². The monoisotopic (exact) mass is 514 g/mol. The van der Waals surface area contributed by atoms with Crippen molar-refractivity contribution in [3.05, 3.63) is 108 Å². The van der Waals surface area contributed by atoms with Crippen LogP contribution in [0.3, 0.4) is 0 Å². The molecule has 10 heteroatoms. The maximum Gasteiger partial charge on any atom is 0.271 e. The average Bonchev–Trinajstić information content (AvgIpc) is 2.93. The molecule has 0 aliphatic heterocycles. The molecule has 0 aliphatic rings. The summed E-state index contributed by atoms with van der Waals surface area (Å²) in [5.41, 5.74) is 13.2. The van der Waals surface area contributed by atoms with Gasteiger partial charge in [0.2, 0.25) is 0 Å². The number of rotatable bonds is 12. The van der Waals surface area contributed by atoms with E-state index in [4.69, 9.17) is 20.6 Å². The van der Waals surface area contributed by atoms with E-state index >= 15 is 0 Å². The molecule has 1 heterocycles. The van der Waals surface area contributed by atoms with Gasteiger partial charge in [-0.15, -0.1) is 0 Å². The van der Waals surface area contributed by atoms with Crippen molar-refractivity contribution in [3.8, 4) is 11.5 Å². The highest BCUT2D eigenvalue weighted by Gasteiger charge is 2.23. The summed E-state index contributed by atoms with van der Waals surface area (Å²) in [5, 5.41) is 10.8. The Bertz CT molecular complexity index is 1320. The maximum absolute atomic E-state index is 13.4. The Morgan fingerprint density at radius 1 is 1.03 bits per heavy atom. The third-order valence-corrected chi connectivity index (χ3v) is 5.37. The first-order valence-corrected chi connectivity index (χ1v) is 11.7. The van der Waals surface area contributed by atoms with Gasteiger partial charge in [0.1, 0.15) is 25.1 Å². The minimum atomic E-state index is -0.951. The molecule has 0 bridgehead atoms. The number of ether oxygens (including phenoxy) is 2. The van der Waals surface area contributed by atoms with Crippen molar-refractivity contribution in [2.24, 2.45) is 5.73 Å². The van der Waals surface area contributed by atoms with Gasteiger partial charge in [0.05, 0.1) is 5.56 Å². The molecule has 10 nitrogen and oxygen atoms in total. The predicted molar refractivity (Wildman–Crippen MR) is 146 cm³/mol. The van der Waals surface area contributed by atoms with Crippen LogP contribution in [0.4, 0.5) is 5.69 Å². The summed E-state index contributed by atoms with van der Waals surface area (Å²) < 4.78 is 11.4. The third kappa shape index (κ3) is 7.20. The number of carbonyl (C=O) groups is 2. The Labute approximate surface area is 221 Å². The molecule has 2 amide bonds. The number of hydrazine groups is 1. The van der Waals surface area contributed by atoms with Crippen molar-refractivity contribution in [1.82, 2.24) is 15.8 Å². The van der Waals surface area contributed by atoms with Gasteiger partial charge in [0, 0.05) is 23.6 Å². The molecule has 0 spiro atoms. The normalized spacial score (nSPS) is 11.0. The first-order valence-electron chi connectivity index (χ1n) is 11.7. The molecule has 0 fully saturated rings. The van der Waals surface area contributed by atoms with Crippen LogP contribution in [-0.4, -0.2) is 35.8 Å². The van der Waals surface area contributed by atoms with Crippen molar-refractivity contribution in [3.63, 3.8) is 0 Å². The van der Waals surface area contributed by atoms with E-state index in [1.807, 2.05) is 0 Å². The topological polar surface area (TPSA) is 151 Å². The van der Waals surface area contributed by atoms with E-state index in [0.29, 0.717) is 39.4 Å². The second-order valence-corrected chi connectivity index (χ2v) is 8.11. The first-order chi connectivity index (χ1) is 18.3. The third-order valence-electron chi connectivity index (χ3n) is 5.37. The minimum Gasteiger partial charge on any atom is -0.486 e. The average molecular weight is 515 g/mol. The Morgan fingerprint density at radius 2 is 1.71 bits per heavy atom. The number of nitrogens with one attached hydrogen (secondary N) is 4. The summed E-state index contributed by atoms with van der Waals surface area (Å²) in [6.07, 6.45) is 6.21. The van der Waals surface area contributed by atoms with Crippen molar-refractivity contribution < 1.29 is 19.1 Å². The highest BCUT2D eigenvalue weighted by molar-refractivity contribution is 5.97. The Hall–Kier alpha value is -5.12. The zero-order valence-corrected chi connectivity index (χ0v) is 21.0. The van der Waals surface area contributed by atoms with Gasteiger partial charge in [-0.3, -0.25) is 30.8 Å². The molecule has 196 valence electrons. The fraction of sp³-hybridized carbons (Fsp3) is 0.143. The van der Waals surface area contributed by atoms with E-state index in [1.54, 1.807) is 73.8 Å². The van der Waals surface area contributed by atoms with Gasteiger partial charge < -0.3 is 20.5 Å². The van der Waals surface area contributed by atoms with E-state index in [-0.39, 0.29) is 19.0 Å². The van der Waals surface area contributed by atoms with Crippen molar-refractivity contribution in [1.29, 1.82) is 5.41 Å². The summed E-state index contributed by atoms with van der Waals surface area (Å²) in [5.74, 6) is -0.230. The molecule has 0 saturated carbocycles. The summed E-state index contributed by atoms with van der Waals surface area (Å²) in [7, 11) is 0. The van der Waals surface area contributed by atoms with Gasteiger partial charge in [0.25, 0.3) is 11.8 Å². The first kappa shape index (κ1) is 27.5. The van der Waals surface area contributed by atoms with Crippen molar-refractivity contribution in [2.75, 3.05) is 18.5 Å². The number of aryl methyl sites for hydroxylation is 1. The zero-order chi connectivity index (χ0) is 27.5. The highest BCUT2D eigenvalue weighted by Crippen LogP contribution is 2.32. The fourth-order valence-corrected chi connectivity index (χ4v) is 3.41. The molecule has 1 atom stereocenters. The largest absolute Gasteiger partial charge is 0.486 e. The van der Waals surface area contributed by atoms with Gasteiger partial charge in [-0.2, -0.15) is 0 Å². The number of pyridine rings is 1. The summed E-state index contributed by atoms with van der Waals surface area (Å²) in [6, 6.07) is 12.6. The molecule has 38 heavy (non-hydrogen) atoms. The SMILES string of the molecule is C=CCOc1ccc(C(Nc2ccc(C(=N)N)cc2)C(=O)NNC(=O)c2cnccc2C)cc1OCC=C. The Kier molecular flexibility index (Phi) is 9.59. The lowest BCUT2D eigenvalue weighted by Crippen LogP contribution is -2.45. The number of amidine groups is 1. The lowest BCUT2D eigenvalue weighted by Gasteiger charge is -2.22. The van der Waals surface area contributed by atoms with Crippen LogP contribution in [0.1, 0.15) is 33.1 Å². The molecule has 1 unspecified atom stereocenters. The van der Waals surface area contributed by atoms with E-state index < -0.39 is 17.9 Å². The number of nitrogens with zero attached hydrogens (tertiary/aromatic N) is 1. The van der Waals surface area contributed by atoms with Gasteiger partial charge in [-0.1, -0.05) is 31.4 Å². The molecular weight excluding hydrogens is 484 g/mol. The van der Waals surface area contributed by atoms with Crippen LogP contribution in [0, 0.1) is 12.3 Å². The van der Waals surface area contributed by atoms with Crippen LogP contribution in [0.15, 0.2) is 86.2 Å². The van der Waals surface area contributed by atoms with E-state index in [2.05, 4.69) is 34.3 Å². The van der Waals surface area contributed by atoms with Crippen LogP contribution in [0.5, 0.6) is 11.5 Å². The number of nitrogen functional groups attached to an aromatic ring is 1. The fourth-order valence-electron chi connectivity index (χ4n) is 3.41. The molecule has 6 N–H and O–H groups in total. The van der Waals surface area contributed by atoms with E-state index in [0.717, 1.165) is 0 Å². The van der Waals surface area contributed by atoms with Crippen LogP contribution in [0.25, 0.3) is 0 Å². The molecule has 1 aromatic heterocycles. The predicted octanol–water partition coefficient (Wildman–Crippen LogP) is 3.42. The van der Waals surface area contributed by atoms with Crippen LogP contribution in [0.2, 0.25) is 0 Å². The molecule has 3 aromatic rings. The lowest BCUT2D eigenvalue weighted by molar-refractivity contribution is -0.122. The molecule has 0 radical (unpaired) electrons. The van der Waals surface area contributed by atoms with Gasteiger partial charge in [-0.05, 0) is 60.5 Å². The summed E-state index contributed by atoms with van der Waals surface area (Å²) in [6.45, 7) is 9.60. The number of hydrogen-bond acceptors (Lipinski definition) is 7. The molecular formula is C28H30N6O4. The second kappa shape index (κ2) is 13.3. The van der Waals surface area contributed by atoms with Gasteiger partial charge in [-0.25, -0.2) is 0 Å². The standard InChI is InChI=1S/C28H30N6O4/c1-4-14-37-23-11-8-20(16-24(23)38-15-5-2)25(32-21-9-6-19(7-10-21)26(29)30)28(36)34-33-27(35)22-17-31-13-12-18(22)3/h4-13,16-17,25,32H,1-2,14-15H2,3H3,(H3,29,30)(H,33,35)(H,34,36). The zero-order valence-electron chi connectivity index (χ0n) is 21.0. The van der Waals surface area contributed by atoms with Crippen LogP contribution >= 0.6 is 0 Å². The molecule has 2 aromatic carbocycles. The number of nitrogens with two attached hydrogens (primary N) is 1. The Morgan fingerprint density at radius 3 is 2.34 bits per heavy atom. The van der Waals surface area contributed by atoms with E-state index in [1.165, 1.54) is 6.20 Å². The quantitative estimate of drug-likeness (QED) is 0.107. The number of benzene rings is 2. The molecule has 0 saturated heterocycles. The lowest BCUT2D eigenvalue weighted by atomic mass is 10.0. The van der Waals surface area contributed by atoms with Gasteiger partial charge >= 0.3 is 0 Å². The van der Waals surface area contributed by atoms with Crippen LogP contribution < -0.4 is 31.4 Å². The summed E-state index contributed by atoms with van der Waals surface area (Å²) >= 11 is 0. The van der Waals surface area contributed by atoms with Crippen LogP contribution in [-0.2, 0) is 4.79 Å². The van der Waals surface area contributed by atoms with E-state index in [9.17, 15) is 9.59 Å². The summed E-state index contributed by atoms with van der Waals surface area (Å²) in [4.78, 5) is 30.0. The van der Waals surface area contributed by atoms with Crippen molar-refractivity contribution >= 4 is 23.3 Å².